The Kier molecular flexibility index (Phi) is 5.25. The summed E-state index contributed by atoms with van der Waals surface area (Å²) in [6.45, 7) is 0. The van der Waals surface area contributed by atoms with Crippen LogP contribution in [-0.2, 0) is 0 Å². The lowest BCUT2D eigenvalue weighted by atomic mass is 9.91. The summed E-state index contributed by atoms with van der Waals surface area (Å²) in [5.41, 5.74) is 9.38. The Morgan fingerprint density at radius 1 is 1.11 bits per heavy atom. The van der Waals surface area contributed by atoms with Gasteiger partial charge in [-0.1, -0.05) is 12.8 Å². The molecule has 1 saturated carbocycles. The minimum Gasteiger partial charge on any atom is -0.491 e. The molecule has 5 N–H and O–H groups in total. The summed E-state index contributed by atoms with van der Waals surface area (Å²) in [4.78, 5) is 7.80. The van der Waals surface area contributed by atoms with E-state index < -0.39 is 0 Å². The number of benzene rings is 1. The quantitative estimate of drug-likeness (QED) is 0.515. The molecule has 1 aliphatic rings. The number of nitrogens with zero attached hydrogens (tertiary/aromatic N) is 1. The second-order valence-electron chi connectivity index (χ2n) is 7.19. The average molecular weight is 381 g/mol. The lowest BCUT2D eigenvalue weighted by molar-refractivity contribution is 0.343. The van der Waals surface area contributed by atoms with Crippen LogP contribution in [0.4, 0.5) is 17.2 Å². The number of fused-ring (bicyclic) bond motifs is 1. The first-order valence-corrected chi connectivity index (χ1v) is 9.67. The van der Waals surface area contributed by atoms with Gasteiger partial charge in [0, 0.05) is 34.9 Å². The van der Waals surface area contributed by atoms with Crippen LogP contribution in [0, 0.1) is 0 Å². The molecule has 7 heteroatoms. The van der Waals surface area contributed by atoms with E-state index in [1.165, 1.54) is 12.8 Å². The van der Waals surface area contributed by atoms with Gasteiger partial charge in [0.1, 0.15) is 5.82 Å². The molecule has 7 nitrogen and oxygen atoms in total. The smallest absolute Gasteiger partial charge is 0.258 e. The molecule has 0 aliphatic heterocycles. The van der Waals surface area contributed by atoms with E-state index in [4.69, 9.17) is 15.2 Å². The van der Waals surface area contributed by atoms with Crippen LogP contribution in [0.3, 0.4) is 0 Å². The Morgan fingerprint density at radius 2 is 1.96 bits per heavy atom. The molecule has 0 radical (unpaired) electrons. The highest BCUT2D eigenvalue weighted by atomic mass is 16.5. The van der Waals surface area contributed by atoms with Crippen LogP contribution in [0.15, 0.2) is 36.5 Å². The second-order valence-corrected chi connectivity index (χ2v) is 7.19. The summed E-state index contributed by atoms with van der Waals surface area (Å²) in [7, 11) is 3.18. The number of pyridine rings is 1. The van der Waals surface area contributed by atoms with Crippen LogP contribution in [0.25, 0.3) is 10.9 Å². The van der Waals surface area contributed by atoms with Gasteiger partial charge in [0.2, 0.25) is 0 Å². The third kappa shape index (κ3) is 3.71. The van der Waals surface area contributed by atoms with E-state index >= 15 is 0 Å². The fourth-order valence-electron chi connectivity index (χ4n) is 3.84. The molecule has 148 valence electrons. The van der Waals surface area contributed by atoms with Crippen LogP contribution in [0.5, 0.6) is 11.6 Å². The number of hydrogen-bond acceptors (Lipinski definition) is 6. The van der Waals surface area contributed by atoms with E-state index in [1.54, 1.807) is 14.2 Å². The largest absolute Gasteiger partial charge is 0.491 e. The third-order valence-corrected chi connectivity index (χ3v) is 5.34. The lowest BCUT2D eigenvalue weighted by Crippen LogP contribution is -2.42. The number of methoxy groups -OCH3 is 2. The van der Waals surface area contributed by atoms with Gasteiger partial charge in [-0.05, 0) is 43.2 Å². The molecule has 4 rings (SSSR count). The molecule has 0 unspecified atom stereocenters. The first-order chi connectivity index (χ1) is 13.7. The van der Waals surface area contributed by atoms with Gasteiger partial charge < -0.3 is 30.8 Å². The van der Waals surface area contributed by atoms with Crippen LogP contribution in [0.2, 0.25) is 0 Å². The minimum atomic E-state index is 0.192. The van der Waals surface area contributed by atoms with E-state index in [0.717, 1.165) is 35.1 Å². The van der Waals surface area contributed by atoms with E-state index in [-0.39, 0.29) is 6.04 Å². The van der Waals surface area contributed by atoms with Crippen molar-refractivity contribution in [2.45, 2.75) is 37.8 Å². The summed E-state index contributed by atoms with van der Waals surface area (Å²) < 4.78 is 10.6. The summed E-state index contributed by atoms with van der Waals surface area (Å²) in [6.07, 6.45) is 6.55. The minimum absolute atomic E-state index is 0.192. The number of anilines is 3. The van der Waals surface area contributed by atoms with Gasteiger partial charge in [0.25, 0.3) is 5.88 Å². The summed E-state index contributed by atoms with van der Waals surface area (Å²) >= 11 is 0. The number of H-pyrrole nitrogens is 1. The highest BCUT2D eigenvalue weighted by Gasteiger charge is 2.22. The summed E-state index contributed by atoms with van der Waals surface area (Å²) in [5, 5.41) is 8.13. The monoisotopic (exact) mass is 381 g/mol. The molecule has 0 bridgehead atoms. The van der Waals surface area contributed by atoms with Crippen LogP contribution in [0.1, 0.15) is 25.7 Å². The van der Waals surface area contributed by atoms with Crippen molar-refractivity contribution in [3.8, 4) is 11.6 Å². The molecule has 2 aromatic heterocycles. The highest BCUT2D eigenvalue weighted by Crippen LogP contribution is 2.33. The molecule has 0 amide bonds. The van der Waals surface area contributed by atoms with E-state index in [1.807, 2.05) is 18.3 Å². The summed E-state index contributed by atoms with van der Waals surface area (Å²) in [5.74, 6) is 1.73. The predicted molar refractivity (Wildman–Crippen MR) is 113 cm³/mol. The van der Waals surface area contributed by atoms with Gasteiger partial charge in [-0.3, -0.25) is 0 Å². The first-order valence-electron chi connectivity index (χ1n) is 9.67. The Labute approximate surface area is 164 Å². The van der Waals surface area contributed by atoms with E-state index in [2.05, 4.69) is 38.8 Å². The maximum atomic E-state index is 6.32. The maximum Gasteiger partial charge on any atom is 0.258 e. The number of rotatable bonds is 6. The Bertz CT molecular complexity index is 955. The third-order valence-electron chi connectivity index (χ3n) is 5.34. The van der Waals surface area contributed by atoms with E-state index in [0.29, 0.717) is 23.5 Å². The number of nitrogens with one attached hydrogen (secondary N) is 3. The van der Waals surface area contributed by atoms with Gasteiger partial charge >= 0.3 is 0 Å². The molecule has 1 aliphatic carbocycles. The fraction of sp³-hybridized carbons (Fsp3) is 0.381. The molecular weight excluding hydrogens is 354 g/mol. The van der Waals surface area contributed by atoms with Crippen LogP contribution >= 0.6 is 0 Å². The molecule has 1 aromatic carbocycles. The lowest BCUT2D eigenvalue weighted by Gasteiger charge is -2.30. The highest BCUT2D eigenvalue weighted by molar-refractivity contribution is 5.96. The van der Waals surface area contributed by atoms with Gasteiger partial charge in [0.05, 0.1) is 19.9 Å². The normalized spacial score (nSPS) is 19.4. The molecule has 0 saturated heterocycles. The standard InChI is InChI=1S/C21H27N5O2/c1-27-19-7-8-20(26-21(19)28-2)25-18-12-13(11-17-14(18)9-10-23-17)24-16-6-4-3-5-15(16)22/h7-12,15-16,23-24H,3-6,22H2,1-2H3,(H,25,26)/t15-,16+/m0/s1. The zero-order valence-electron chi connectivity index (χ0n) is 16.3. The number of hydrogen-bond donors (Lipinski definition) is 4. The zero-order chi connectivity index (χ0) is 19.5. The van der Waals surface area contributed by atoms with Crippen molar-refractivity contribution in [1.82, 2.24) is 9.97 Å². The molecule has 28 heavy (non-hydrogen) atoms. The maximum absolute atomic E-state index is 6.32. The second kappa shape index (κ2) is 7.98. The number of aromatic nitrogens is 2. The molecule has 2 atom stereocenters. The summed E-state index contributed by atoms with van der Waals surface area (Å²) in [6, 6.07) is 10.5. The number of aromatic amines is 1. The fourth-order valence-corrected chi connectivity index (χ4v) is 3.84. The van der Waals surface area contributed by atoms with Gasteiger partial charge in [-0.15, -0.1) is 0 Å². The van der Waals surface area contributed by atoms with Crippen molar-refractivity contribution < 1.29 is 9.47 Å². The van der Waals surface area contributed by atoms with Crippen molar-refractivity contribution in [2.75, 3.05) is 24.9 Å². The van der Waals surface area contributed by atoms with E-state index in [9.17, 15) is 0 Å². The predicted octanol–water partition coefficient (Wildman–Crippen LogP) is 4.01. The number of nitrogens with two attached hydrogens (primary N) is 1. The van der Waals surface area contributed by atoms with Crippen molar-refractivity contribution in [3.63, 3.8) is 0 Å². The van der Waals surface area contributed by atoms with Gasteiger partial charge in [0.15, 0.2) is 5.75 Å². The molecule has 2 heterocycles. The zero-order valence-corrected chi connectivity index (χ0v) is 16.3. The van der Waals surface area contributed by atoms with Crippen molar-refractivity contribution in [2.24, 2.45) is 5.73 Å². The number of ether oxygens (including phenoxy) is 2. The van der Waals surface area contributed by atoms with Crippen molar-refractivity contribution in [3.05, 3.63) is 36.5 Å². The van der Waals surface area contributed by atoms with Crippen molar-refractivity contribution >= 4 is 28.1 Å². The van der Waals surface area contributed by atoms with Gasteiger partial charge in [-0.25, -0.2) is 0 Å². The van der Waals surface area contributed by atoms with Crippen LogP contribution in [-0.4, -0.2) is 36.3 Å². The van der Waals surface area contributed by atoms with Gasteiger partial charge in [-0.2, -0.15) is 4.98 Å². The SMILES string of the molecule is COc1ccc(Nc2cc(N[C@@H]3CCCC[C@@H]3N)cc3[nH]ccc23)nc1OC. The first kappa shape index (κ1) is 18.4. The van der Waals surface area contributed by atoms with Crippen molar-refractivity contribution in [1.29, 1.82) is 0 Å². The Balaban J connectivity index is 1.64. The molecular formula is C21H27N5O2. The Morgan fingerprint density at radius 3 is 2.75 bits per heavy atom. The molecule has 0 spiro atoms. The Hall–Kier alpha value is -2.93. The van der Waals surface area contributed by atoms with Crippen LogP contribution < -0.4 is 25.8 Å². The average Bonchev–Trinajstić information content (AvgIpc) is 3.18. The molecule has 3 aromatic rings. The topological polar surface area (TPSA) is 97.2 Å². The molecule has 1 fully saturated rings.